The molecule has 0 aliphatic carbocycles. The molecule has 3 aromatic heterocycles. The van der Waals surface area contributed by atoms with Crippen LogP contribution in [-0.2, 0) is 9.59 Å². The molecule has 0 saturated heterocycles. The maximum absolute atomic E-state index is 12.4. The fraction of sp³-hybridized carbons (Fsp3) is 0.0909. The van der Waals surface area contributed by atoms with E-state index in [9.17, 15) is 14.4 Å². The molecule has 0 atom stereocenters. The second-order valence-electron chi connectivity index (χ2n) is 7.08. The highest BCUT2D eigenvalue weighted by Gasteiger charge is 2.16. The van der Waals surface area contributed by atoms with E-state index in [-0.39, 0.29) is 34.2 Å². The van der Waals surface area contributed by atoms with Crippen LogP contribution in [0, 0.1) is 0 Å². The number of benzene rings is 2. The lowest BCUT2D eigenvalue weighted by Crippen LogP contribution is -2.13. The summed E-state index contributed by atoms with van der Waals surface area (Å²) in [5.74, 6) is -0.458. The van der Waals surface area contributed by atoms with E-state index >= 15 is 0 Å². The van der Waals surface area contributed by atoms with E-state index in [1.807, 2.05) is 6.07 Å². The van der Waals surface area contributed by atoms with Gasteiger partial charge in [-0.25, -0.2) is 9.78 Å². The molecule has 3 heterocycles. The summed E-state index contributed by atoms with van der Waals surface area (Å²) in [6.45, 7) is 1.43. The van der Waals surface area contributed by atoms with E-state index in [1.54, 1.807) is 42.5 Å². The predicted octanol–water partition coefficient (Wildman–Crippen LogP) is 4.14. The molecule has 0 radical (unpaired) electrons. The lowest BCUT2D eigenvalue weighted by molar-refractivity contribution is -0.114. The summed E-state index contributed by atoms with van der Waals surface area (Å²) in [4.78, 5) is 40.2. The van der Waals surface area contributed by atoms with Gasteiger partial charge in [0.05, 0.1) is 16.0 Å². The zero-order valence-electron chi connectivity index (χ0n) is 17.5. The Hall–Kier alpha value is -4.03. The van der Waals surface area contributed by atoms with E-state index in [1.165, 1.54) is 18.3 Å². The quantitative estimate of drug-likeness (QED) is 0.264. The molecule has 0 bridgehead atoms. The molecule has 2 amide bonds. The Balaban J connectivity index is 1.24. The molecule has 0 unspecified atom stereocenters. The van der Waals surface area contributed by atoms with Gasteiger partial charge in [0.1, 0.15) is 11.1 Å². The number of thiazole rings is 1. The minimum Gasteiger partial charge on any atom is -0.422 e. The summed E-state index contributed by atoms with van der Waals surface area (Å²) < 4.78 is 11.7. The number of nitrogens with zero attached hydrogens (tertiary/aromatic N) is 3. The van der Waals surface area contributed by atoms with Crippen LogP contribution in [0.2, 0.25) is 0 Å². The molecule has 5 aromatic rings. The Kier molecular flexibility index (Phi) is 5.82. The van der Waals surface area contributed by atoms with Crippen LogP contribution < -0.4 is 16.3 Å². The first kappa shape index (κ1) is 21.8. The molecule has 34 heavy (non-hydrogen) atoms. The van der Waals surface area contributed by atoms with Crippen molar-refractivity contribution in [3.8, 4) is 11.5 Å². The number of carbonyl (C=O) groups is 2. The van der Waals surface area contributed by atoms with E-state index < -0.39 is 5.63 Å². The molecular weight excluding hydrogens is 478 g/mol. The predicted molar refractivity (Wildman–Crippen MR) is 129 cm³/mol. The van der Waals surface area contributed by atoms with Crippen molar-refractivity contribution in [1.29, 1.82) is 0 Å². The van der Waals surface area contributed by atoms with Gasteiger partial charge in [-0.2, -0.15) is 0 Å². The Morgan fingerprint density at radius 3 is 2.76 bits per heavy atom. The standard InChI is InChI=1S/C22H15N5O5S2/c1-11(28)23-13-6-7-15-17(9-13)34-21(24-15)25-18(29)10-33-22-27-26-19(32-22)14-8-12-4-2-3-5-16(12)31-20(14)30/h2-9H,10H2,1H3,(H,23,28)(H,24,25,29). The number of amides is 2. The van der Waals surface area contributed by atoms with Crippen molar-refractivity contribution in [2.75, 3.05) is 16.4 Å². The maximum atomic E-state index is 12.4. The van der Waals surface area contributed by atoms with Crippen molar-refractivity contribution < 1.29 is 18.4 Å². The molecular formula is C22H15N5O5S2. The first-order chi connectivity index (χ1) is 16.4. The largest absolute Gasteiger partial charge is 0.422 e. The third-order valence-electron chi connectivity index (χ3n) is 4.56. The van der Waals surface area contributed by atoms with E-state index in [0.717, 1.165) is 21.8 Å². The van der Waals surface area contributed by atoms with Crippen LogP contribution in [0.15, 0.2) is 67.4 Å². The van der Waals surface area contributed by atoms with Crippen molar-refractivity contribution in [3.05, 3.63) is 59.0 Å². The van der Waals surface area contributed by atoms with Gasteiger partial charge >= 0.3 is 5.63 Å². The molecule has 170 valence electrons. The van der Waals surface area contributed by atoms with Crippen LogP contribution in [0.3, 0.4) is 0 Å². The minimum atomic E-state index is -0.589. The maximum Gasteiger partial charge on any atom is 0.349 e. The van der Waals surface area contributed by atoms with Gasteiger partial charge in [-0.05, 0) is 30.3 Å². The molecule has 0 aliphatic heterocycles. The van der Waals surface area contributed by atoms with E-state index in [0.29, 0.717) is 21.9 Å². The van der Waals surface area contributed by atoms with Crippen LogP contribution in [0.25, 0.3) is 32.6 Å². The summed E-state index contributed by atoms with van der Waals surface area (Å²) in [6, 6.07) is 14.0. The number of carbonyl (C=O) groups excluding carboxylic acids is 2. The smallest absolute Gasteiger partial charge is 0.349 e. The number of nitrogens with one attached hydrogen (secondary N) is 2. The number of aromatic nitrogens is 3. The molecule has 5 rings (SSSR count). The monoisotopic (exact) mass is 493 g/mol. The first-order valence-corrected chi connectivity index (χ1v) is 11.7. The summed E-state index contributed by atoms with van der Waals surface area (Å²) in [5, 5.41) is 14.5. The van der Waals surface area contributed by atoms with E-state index in [2.05, 4.69) is 25.8 Å². The van der Waals surface area contributed by atoms with Crippen LogP contribution in [0.1, 0.15) is 6.92 Å². The topological polar surface area (TPSA) is 140 Å². The number of anilines is 2. The molecule has 12 heteroatoms. The Morgan fingerprint density at radius 2 is 1.91 bits per heavy atom. The van der Waals surface area contributed by atoms with Gasteiger partial charge in [0, 0.05) is 18.0 Å². The van der Waals surface area contributed by atoms with Gasteiger partial charge in [0.15, 0.2) is 5.13 Å². The van der Waals surface area contributed by atoms with Crippen molar-refractivity contribution in [1.82, 2.24) is 15.2 Å². The fourth-order valence-electron chi connectivity index (χ4n) is 3.13. The normalized spacial score (nSPS) is 11.1. The fourth-order valence-corrected chi connectivity index (χ4v) is 4.61. The number of hydrogen-bond acceptors (Lipinski definition) is 10. The molecule has 10 nitrogen and oxygen atoms in total. The van der Waals surface area contributed by atoms with Gasteiger partial charge in [-0.1, -0.05) is 41.3 Å². The highest BCUT2D eigenvalue weighted by atomic mass is 32.2. The number of fused-ring (bicyclic) bond motifs is 2. The summed E-state index contributed by atoms with van der Waals surface area (Å²) >= 11 is 2.33. The highest BCUT2D eigenvalue weighted by Crippen LogP contribution is 2.29. The molecule has 0 aliphatic rings. The zero-order chi connectivity index (χ0) is 23.7. The Bertz CT molecular complexity index is 1610. The van der Waals surface area contributed by atoms with Crippen LogP contribution >= 0.6 is 23.1 Å². The molecule has 2 aromatic carbocycles. The van der Waals surface area contributed by atoms with Crippen molar-refractivity contribution in [3.63, 3.8) is 0 Å². The van der Waals surface area contributed by atoms with Gasteiger partial charge in [0.2, 0.25) is 11.8 Å². The van der Waals surface area contributed by atoms with Gasteiger partial charge < -0.3 is 19.5 Å². The molecule has 0 spiro atoms. The molecule has 2 N–H and O–H groups in total. The average Bonchev–Trinajstić information content (AvgIpc) is 3.43. The van der Waals surface area contributed by atoms with Gasteiger partial charge in [-0.3, -0.25) is 9.59 Å². The lowest BCUT2D eigenvalue weighted by atomic mass is 10.2. The van der Waals surface area contributed by atoms with Crippen molar-refractivity contribution in [2.24, 2.45) is 0 Å². The molecule has 0 fully saturated rings. The third kappa shape index (κ3) is 4.67. The van der Waals surface area contributed by atoms with Crippen LogP contribution in [0.5, 0.6) is 0 Å². The number of hydrogen-bond donors (Lipinski definition) is 2. The molecule has 0 saturated carbocycles. The first-order valence-electron chi connectivity index (χ1n) is 9.92. The minimum absolute atomic E-state index is 0.00102. The second kappa shape index (κ2) is 9.08. The second-order valence-corrected chi connectivity index (χ2v) is 9.04. The SMILES string of the molecule is CC(=O)Nc1ccc2nc(NC(=O)CSc3nnc(-c4cc5ccccc5oc4=O)o3)sc2c1. The summed E-state index contributed by atoms with van der Waals surface area (Å²) in [5.41, 5.74) is 1.38. The van der Waals surface area contributed by atoms with Crippen LogP contribution in [-0.4, -0.2) is 32.7 Å². The van der Waals surface area contributed by atoms with Crippen molar-refractivity contribution >= 4 is 66.9 Å². The average molecular weight is 494 g/mol. The third-order valence-corrected chi connectivity index (χ3v) is 6.31. The van der Waals surface area contributed by atoms with Gasteiger partial charge in [-0.15, -0.1) is 10.2 Å². The number of rotatable bonds is 6. The Morgan fingerprint density at radius 1 is 1.06 bits per heavy atom. The van der Waals surface area contributed by atoms with Gasteiger partial charge in [0.25, 0.3) is 11.1 Å². The number of thioether (sulfide) groups is 1. The van der Waals surface area contributed by atoms with Crippen LogP contribution in [0.4, 0.5) is 10.8 Å². The van der Waals surface area contributed by atoms with E-state index in [4.69, 9.17) is 8.83 Å². The summed E-state index contributed by atoms with van der Waals surface area (Å²) in [6.07, 6.45) is 0. The zero-order valence-corrected chi connectivity index (χ0v) is 19.2. The summed E-state index contributed by atoms with van der Waals surface area (Å²) in [7, 11) is 0. The lowest BCUT2D eigenvalue weighted by Gasteiger charge is -1.99. The Labute approximate surface area is 199 Å². The van der Waals surface area contributed by atoms with Crippen molar-refractivity contribution in [2.45, 2.75) is 12.1 Å². The highest BCUT2D eigenvalue weighted by molar-refractivity contribution is 7.99. The number of para-hydroxylation sites is 1.